The molecule has 0 radical (unpaired) electrons. The Hall–Kier alpha value is -2.40. The zero-order valence-corrected chi connectivity index (χ0v) is 30.1. The number of benzene rings is 1. The van der Waals surface area contributed by atoms with E-state index >= 15 is 0 Å². The van der Waals surface area contributed by atoms with Gasteiger partial charge in [0.05, 0.1) is 25.5 Å². The quantitative estimate of drug-likeness (QED) is 0.151. The van der Waals surface area contributed by atoms with E-state index in [0.717, 1.165) is 29.8 Å². The van der Waals surface area contributed by atoms with Crippen molar-refractivity contribution in [1.29, 1.82) is 0 Å². The van der Waals surface area contributed by atoms with Gasteiger partial charge in [-0.05, 0) is 67.6 Å². The van der Waals surface area contributed by atoms with Crippen LogP contribution in [0.25, 0.3) is 0 Å². The van der Waals surface area contributed by atoms with Gasteiger partial charge in [0.2, 0.25) is 5.91 Å². The van der Waals surface area contributed by atoms with Crippen molar-refractivity contribution < 1.29 is 24.1 Å². The minimum atomic E-state index is -0.788. The predicted molar refractivity (Wildman–Crippen MR) is 185 cm³/mol. The summed E-state index contributed by atoms with van der Waals surface area (Å²) in [5.41, 5.74) is 8.62. The molecule has 1 aromatic heterocycles. The minimum absolute atomic E-state index is 0. The highest BCUT2D eigenvalue weighted by Crippen LogP contribution is 2.38. The highest BCUT2D eigenvalue weighted by atomic mass is 35.5. The molecule has 0 unspecified atom stereocenters. The maximum absolute atomic E-state index is 13.4. The van der Waals surface area contributed by atoms with E-state index in [1.54, 1.807) is 14.2 Å². The second-order valence-corrected chi connectivity index (χ2v) is 14.4. The number of carbonyl (C=O) groups excluding carboxylic acids is 1. The van der Waals surface area contributed by atoms with Crippen LogP contribution in [-0.2, 0) is 22.5 Å². The average molecular weight is 666 g/mol. The highest BCUT2D eigenvalue weighted by Gasteiger charge is 2.32. The van der Waals surface area contributed by atoms with Crippen LogP contribution in [0.5, 0.6) is 11.5 Å². The summed E-state index contributed by atoms with van der Waals surface area (Å²) >= 11 is 0. The Bertz CT molecular complexity index is 1190. The number of hydrogen-bond acceptors (Lipinski definition) is 8. The van der Waals surface area contributed by atoms with Crippen LogP contribution in [0.15, 0.2) is 24.4 Å². The maximum Gasteiger partial charge on any atom is 0.223 e. The van der Waals surface area contributed by atoms with Gasteiger partial charge in [-0.25, -0.2) is 0 Å². The van der Waals surface area contributed by atoms with Gasteiger partial charge in [-0.2, -0.15) is 0 Å². The third kappa shape index (κ3) is 12.7. The molecule has 1 amide bonds. The second-order valence-electron chi connectivity index (χ2n) is 14.4. The van der Waals surface area contributed by atoms with E-state index in [-0.39, 0.29) is 41.5 Å². The van der Waals surface area contributed by atoms with E-state index in [4.69, 9.17) is 19.9 Å². The summed E-state index contributed by atoms with van der Waals surface area (Å²) in [5.74, 6) is 2.26. The van der Waals surface area contributed by atoms with E-state index in [2.05, 4.69) is 49.4 Å². The summed E-state index contributed by atoms with van der Waals surface area (Å²) in [4.78, 5) is 13.4. The van der Waals surface area contributed by atoms with E-state index in [1.807, 2.05) is 36.9 Å². The normalized spacial score (nSPS) is 16.1. The van der Waals surface area contributed by atoms with Gasteiger partial charge in [0, 0.05) is 62.7 Å². The van der Waals surface area contributed by atoms with E-state index in [1.165, 1.54) is 12.8 Å². The zero-order chi connectivity index (χ0) is 33.1. The van der Waals surface area contributed by atoms with Gasteiger partial charge in [-0.1, -0.05) is 52.8 Å². The van der Waals surface area contributed by atoms with Crippen molar-refractivity contribution in [3.63, 3.8) is 0 Å². The van der Waals surface area contributed by atoms with Crippen LogP contribution >= 0.6 is 12.4 Å². The first-order valence-corrected chi connectivity index (χ1v) is 16.7. The number of hydrogen-bond donors (Lipinski definition) is 3. The Morgan fingerprint density at radius 2 is 1.83 bits per heavy atom. The predicted octanol–water partition coefficient (Wildman–Crippen LogP) is 5.40. The molecule has 0 saturated heterocycles. The Labute approximate surface area is 282 Å². The summed E-state index contributed by atoms with van der Waals surface area (Å²) < 4.78 is 18.5. The van der Waals surface area contributed by atoms with Crippen molar-refractivity contribution in [2.75, 3.05) is 34.0 Å². The standard InChI is InChI=1S/C35H59N5O5.ClH/c1-23(2)27(16-25-10-13-32(44-8)33(17-25)45-15-9-14-43-7)18-29(36)31(41)19-28(24(3)4)34(42)37-21-35(5,6)22-40-20-30(38-39-40)26-11-12-26;/h10,13,17,20,23-24,26-29,31,41H,9,11-12,14-16,18-19,21-22,36H2,1-8H3,(H,37,42);1H/t27-,28-,29-,31-;/m0./s1. The molecule has 262 valence electrons. The Kier molecular flexibility index (Phi) is 16.3. The van der Waals surface area contributed by atoms with Crippen molar-refractivity contribution in [3.8, 4) is 11.5 Å². The summed E-state index contributed by atoms with van der Waals surface area (Å²) in [7, 11) is 3.32. The minimum Gasteiger partial charge on any atom is -0.493 e. The molecule has 1 saturated carbocycles. The molecule has 0 spiro atoms. The molecule has 1 aliphatic rings. The van der Waals surface area contributed by atoms with Gasteiger partial charge in [-0.15, -0.1) is 17.5 Å². The number of methoxy groups -OCH3 is 2. The number of nitrogens with one attached hydrogen (secondary N) is 1. The lowest BCUT2D eigenvalue weighted by Crippen LogP contribution is -2.44. The Morgan fingerprint density at radius 1 is 1.11 bits per heavy atom. The molecular formula is C35H60ClN5O5. The fourth-order valence-electron chi connectivity index (χ4n) is 5.77. The Balaban J connectivity index is 0.00000736. The van der Waals surface area contributed by atoms with Crippen molar-refractivity contribution >= 4 is 18.3 Å². The molecule has 46 heavy (non-hydrogen) atoms. The lowest BCUT2D eigenvalue weighted by atomic mass is 9.80. The second kappa shape index (κ2) is 18.8. The highest BCUT2D eigenvalue weighted by molar-refractivity contribution is 5.85. The fourth-order valence-corrected chi connectivity index (χ4v) is 5.77. The zero-order valence-electron chi connectivity index (χ0n) is 29.3. The first kappa shape index (κ1) is 39.8. The van der Waals surface area contributed by atoms with Crippen LogP contribution in [0.1, 0.15) is 90.8 Å². The van der Waals surface area contributed by atoms with E-state index < -0.39 is 12.1 Å². The summed E-state index contributed by atoms with van der Waals surface area (Å²) in [6.45, 7) is 15.0. The third-order valence-electron chi connectivity index (χ3n) is 9.01. The number of ether oxygens (including phenoxy) is 3. The number of nitrogens with two attached hydrogens (primary N) is 1. The molecule has 1 fully saturated rings. The average Bonchev–Trinajstić information content (AvgIpc) is 3.74. The third-order valence-corrected chi connectivity index (χ3v) is 9.01. The van der Waals surface area contributed by atoms with Gasteiger partial charge < -0.3 is 30.4 Å². The van der Waals surface area contributed by atoms with Crippen LogP contribution in [-0.4, -0.2) is 72.1 Å². The van der Waals surface area contributed by atoms with E-state index in [9.17, 15) is 9.90 Å². The van der Waals surface area contributed by atoms with Gasteiger partial charge in [0.25, 0.3) is 0 Å². The molecule has 0 bridgehead atoms. The van der Waals surface area contributed by atoms with Gasteiger partial charge >= 0.3 is 0 Å². The van der Waals surface area contributed by atoms with Crippen LogP contribution in [0.2, 0.25) is 0 Å². The van der Waals surface area contributed by atoms with Gasteiger partial charge in [-0.3, -0.25) is 9.48 Å². The molecule has 3 rings (SSSR count). The summed E-state index contributed by atoms with van der Waals surface area (Å²) in [6.07, 6.45) is 6.20. The molecule has 1 aromatic carbocycles. The van der Waals surface area contributed by atoms with E-state index in [0.29, 0.717) is 56.7 Å². The molecule has 4 atom stereocenters. The monoisotopic (exact) mass is 665 g/mol. The smallest absolute Gasteiger partial charge is 0.223 e. The van der Waals surface area contributed by atoms with Gasteiger partial charge in [0.1, 0.15) is 0 Å². The largest absolute Gasteiger partial charge is 0.493 e. The molecule has 0 aliphatic heterocycles. The molecule has 4 N–H and O–H groups in total. The van der Waals surface area contributed by atoms with Gasteiger partial charge in [0.15, 0.2) is 11.5 Å². The topological polar surface area (TPSA) is 134 Å². The number of carbonyl (C=O) groups is 1. The number of rotatable bonds is 21. The molecule has 1 heterocycles. The number of halogens is 1. The molecular weight excluding hydrogens is 606 g/mol. The number of amides is 1. The SMILES string of the molecule is COCCCOc1cc(C[C@@H](C[C@H](N)[C@@H](O)C[C@H](C(=O)NCC(C)(C)Cn2cc(C3CC3)nn2)C(C)C)C(C)C)ccc1OC.Cl. The number of nitrogens with zero attached hydrogens (tertiary/aromatic N) is 3. The number of aliphatic hydroxyl groups is 1. The van der Waals surface area contributed by atoms with Crippen molar-refractivity contribution in [3.05, 3.63) is 35.7 Å². The number of aliphatic hydroxyl groups excluding tert-OH is 1. The lowest BCUT2D eigenvalue weighted by Gasteiger charge is -2.31. The molecule has 1 aliphatic carbocycles. The summed E-state index contributed by atoms with van der Waals surface area (Å²) in [5, 5.41) is 23.0. The van der Waals surface area contributed by atoms with Crippen LogP contribution in [0, 0.1) is 29.1 Å². The van der Waals surface area contributed by atoms with Crippen LogP contribution in [0.4, 0.5) is 0 Å². The maximum atomic E-state index is 13.4. The lowest BCUT2D eigenvalue weighted by molar-refractivity contribution is -0.128. The molecule has 10 nitrogen and oxygen atoms in total. The van der Waals surface area contributed by atoms with Crippen molar-refractivity contribution in [1.82, 2.24) is 20.3 Å². The van der Waals surface area contributed by atoms with Crippen LogP contribution < -0.4 is 20.5 Å². The van der Waals surface area contributed by atoms with Crippen molar-refractivity contribution in [2.24, 2.45) is 34.8 Å². The first-order valence-electron chi connectivity index (χ1n) is 16.7. The van der Waals surface area contributed by atoms with Crippen LogP contribution in [0.3, 0.4) is 0 Å². The molecule has 11 heteroatoms. The fraction of sp³-hybridized carbons (Fsp3) is 0.743. The summed E-state index contributed by atoms with van der Waals surface area (Å²) in [6, 6.07) is 5.60. The first-order chi connectivity index (χ1) is 21.3. The number of aromatic nitrogens is 3. The molecule has 2 aromatic rings. The van der Waals surface area contributed by atoms with Crippen molar-refractivity contribution in [2.45, 2.75) is 105 Å². The Morgan fingerprint density at radius 3 is 2.43 bits per heavy atom.